The van der Waals surface area contributed by atoms with Gasteiger partial charge >= 0.3 is 0 Å². The molecule has 0 N–H and O–H groups in total. The van der Waals surface area contributed by atoms with Gasteiger partial charge in [-0.25, -0.2) is 0 Å². The fourth-order valence-electron chi connectivity index (χ4n) is 4.11. The van der Waals surface area contributed by atoms with Gasteiger partial charge in [0.25, 0.3) is 0 Å². The molecule has 1 heteroatoms. The smallest absolute Gasteiger partial charge is 0.0165 e. The molecule has 3 aliphatic carbocycles. The zero-order chi connectivity index (χ0) is 8.18. The Morgan fingerprint density at radius 3 is 2.75 bits per heavy atom. The number of hydrogen-bond donors (Lipinski definition) is 0. The zero-order valence-corrected chi connectivity index (χ0v) is 8.70. The average Bonchev–Trinajstić information content (AvgIpc) is 2.25. The Hall–Kier alpha value is 0.350. The fraction of sp³-hybridized carbons (Fsp3) is 1.00. The normalized spacial score (nSPS) is 56.2. The van der Waals surface area contributed by atoms with Gasteiger partial charge < -0.3 is 0 Å². The van der Waals surface area contributed by atoms with E-state index in [4.69, 9.17) is 0 Å². The summed E-state index contributed by atoms with van der Waals surface area (Å²) in [6, 6.07) is 0. The van der Waals surface area contributed by atoms with Gasteiger partial charge in [0.2, 0.25) is 0 Å². The Labute approximate surface area is 79.5 Å². The second kappa shape index (κ2) is 2.43. The summed E-state index contributed by atoms with van der Waals surface area (Å²) in [6.45, 7) is 0. The van der Waals surface area contributed by atoms with Gasteiger partial charge in [0, 0.05) is 4.75 Å². The van der Waals surface area contributed by atoms with Gasteiger partial charge in [-0.3, -0.25) is 0 Å². The molecule has 3 fully saturated rings. The van der Waals surface area contributed by atoms with E-state index < -0.39 is 0 Å². The monoisotopic (exact) mass is 182 g/mol. The molecule has 0 amide bonds. The highest BCUT2D eigenvalue weighted by molar-refractivity contribution is 8.00. The summed E-state index contributed by atoms with van der Waals surface area (Å²) in [5.74, 6) is 3.40. The van der Waals surface area contributed by atoms with Crippen molar-refractivity contribution in [3.05, 3.63) is 0 Å². The molecule has 3 saturated carbocycles. The minimum Gasteiger partial charge on any atom is -0.159 e. The Morgan fingerprint density at radius 1 is 1.08 bits per heavy atom. The van der Waals surface area contributed by atoms with Crippen LogP contribution in [0.1, 0.15) is 38.5 Å². The Morgan fingerprint density at radius 2 is 1.92 bits per heavy atom. The van der Waals surface area contributed by atoms with Crippen LogP contribution in [-0.4, -0.2) is 11.0 Å². The summed E-state index contributed by atoms with van der Waals surface area (Å²) in [7, 11) is 0. The van der Waals surface area contributed by atoms with Crippen molar-refractivity contribution in [3.8, 4) is 0 Å². The highest BCUT2D eigenvalue weighted by atomic mass is 32.2. The van der Waals surface area contributed by atoms with Gasteiger partial charge in [-0.15, -0.1) is 0 Å². The number of thioether (sulfide) groups is 1. The van der Waals surface area contributed by atoms with Crippen LogP contribution in [0, 0.1) is 17.8 Å². The first kappa shape index (κ1) is 7.73. The van der Waals surface area contributed by atoms with E-state index in [0.717, 1.165) is 22.5 Å². The van der Waals surface area contributed by atoms with Gasteiger partial charge in [-0.2, -0.15) is 11.8 Å². The van der Waals surface area contributed by atoms with Crippen molar-refractivity contribution in [2.24, 2.45) is 17.8 Å². The highest BCUT2D eigenvalue weighted by Gasteiger charge is 2.52. The molecule has 12 heavy (non-hydrogen) atoms. The van der Waals surface area contributed by atoms with E-state index in [2.05, 4.69) is 18.0 Å². The molecule has 4 unspecified atom stereocenters. The van der Waals surface area contributed by atoms with Crippen molar-refractivity contribution in [1.29, 1.82) is 0 Å². The Balaban J connectivity index is 1.93. The van der Waals surface area contributed by atoms with Crippen molar-refractivity contribution < 1.29 is 0 Å². The third-order valence-electron chi connectivity index (χ3n) is 4.61. The molecular weight excluding hydrogens is 164 g/mol. The Bertz CT molecular complexity index is 197. The zero-order valence-electron chi connectivity index (χ0n) is 7.88. The first-order valence-electron chi connectivity index (χ1n) is 5.36. The van der Waals surface area contributed by atoms with E-state index in [-0.39, 0.29) is 0 Å². The molecule has 4 atom stereocenters. The van der Waals surface area contributed by atoms with E-state index in [0.29, 0.717) is 0 Å². The van der Waals surface area contributed by atoms with E-state index in [9.17, 15) is 0 Å². The van der Waals surface area contributed by atoms with Crippen LogP contribution in [0.4, 0.5) is 0 Å². The molecule has 0 radical (unpaired) electrons. The molecule has 0 aromatic carbocycles. The third-order valence-corrected chi connectivity index (χ3v) is 5.98. The predicted molar refractivity (Wildman–Crippen MR) is 54.4 cm³/mol. The first-order valence-corrected chi connectivity index (χ1v) is 6.59. The van der Waals surface area contributed by atoms with Crippen molar-refractivity contribution in [3.63, 3.8) is 0 Å². The van der Waals surface area contributed by atoms with E-state index >= 15 is 0 Å². The summed E-state index contributed by atoms with van der Waals surface area (Å²) >= 11 is 2.18. The lowest BCUT2D eigenvalue weighted by Gasteiger charge is -2.38. The lowest BCUT2D eigenvalue weighted by molar-refractivity contribution is 0.185. The molecule has 0 spiro atoms. The topological polar surface area (TPSA) is 0 Å². The molecule has 0 aliphatic heterocycles. The van der Waals surface area contributed by atoms with Gasteiger partial charge in [0.05, 0.1) is 0 Å². The predicted octanol–water partition coefficient (Wildman–Crippen LogP) is 3.32. The van der Waals surface area contributed by atoms with Crippen LogP contribution in [0.5, 0.6) is 0 Å². The molecule has 0 aromatic rings. The van der Waals surface area contributed by atoms with E-state index in [1.54, 1.807) is 38.5 Å². The second-order valence-corrected chi connectivity index (χ2v) is 6.47. The Kier molecular flexibility index (Phi) is 1.57. The molecule has 0 heterocycles. The molecule has 0 aromatic heterocycles. The minimum absolute atomic E-state index is 0.759. The standard InChI is InChI=1S/C11H18S/c1-12-11-5-8-2-3-9(6-11)10(4-8)7-11/h8-10H,2-7H2,1H3. The lowest BCUT2D eigenvalue weighted by atomic mass is 9.72. The van der Waals surface area contributed by atoms with Crippen LogP contribution in [0.3, 0.4) is 0 Å². The SMILES string of the molecule is CSC12CC3CCC(C1)C(C3)C2. The van der Waals surface area contributed by atoms with Gasteiger partial charge in [0.1, 0.15) is 0 Å². The highest BCUT2D eigenvalue weighted by Crippen LogP contribution is 2.61. The molecule has 3 aliphatic rings. The van der Waals surface area contributed by atoms with Crippen molar-refractivity contribution >= 4 is 11.8 Å². The maximum Gasteiger partial charge on any atom is 0.0165 e. The van der Waals surface area contributed by atoms with Crippen LogP contribution in [-0.2, 0) is 0 Å². The molecule has 3 bridgehead atoms. The summed E-state index contributed by atoms with van der Waals surface area (Å²) in [5, 5.41) is 0. The van der Waals surface area contributed by atoms with Gasteiger partial charge in [0.15, 0.2) is 0 Å². The quantitative estimate of drug-likeness (QED) is 0.599. The third kappa shape index (κ3) is 0.921. The molecule has 68 valence electrons. The number of fused-ring (bicyclic) bond motifs is 2. The number of hydrogen-bond acceptors (Lipinski definition) is 1. The number of rotatable bonds is 1. The second-order valence-electron chi connectivity index (χ2n) is 5.20. The molecule has 0 saturated heterocycles. The summed E-state index contributed by atoms with van der Waals surface area (Å²) in [6.07, 6.45) is 11.7. The maximum absolute atomic E-state index is 2.34. The summed E-state index contributed by atoms with van der Waals surface area (Å²) < 4.78 is 0.759. The molecule has 0 nitrogen and oxygen atoms in total. The fourth-order valence-corrected chi connectivity index (χ4v) is 5.27. The van der Waals surface area contributed by atoms with Crippen molar-refractivity contribution in [2.45, 2.75) is 43.3 Å². The summed E-state index contributed by atoms with van der Waals surface area (Å²) in [5.41, 5.74) is 0. The van der Waals surface area contributed by atoms with Crippen LogP contribution >= 0.6 is 11.8 Å². The van der Waals surface area contributed by atoms with Crippen LogP contribution in [0.25, 0.3) is 0 Å². The molecule has 3 rings (SSSR count). The van der Waals surface area contributed by atoms with Crippen LogP contribution in [0.15, 0.2) is 0 Å². The van der Waals surface area contributed by atoms with Crippen LogP contribution < -0.4 is 0 Å². The van der Waals surface area contributed by atoms with Gasteiger partial charge in [-0.1, -0.05) is 6.42 Å². The minimum atomic E-state index is 0.759. The average molecular weight is 182 g/mol. The van der Waals surface area contributed by atoms with Crippen molar-refractivity contribution in [1.82, 2.24) is 0 Å². The largest absolute Gasteiger partial charge is 0.159 e. The first-order chi connectivity index (χ1) is 5.81. The molecular formula is C11H18S. The maximum atomic E-state index is 2.34. The van der Waals surface area contributed by atoms with Gasteiger partial charge in [-0.05, 0) is 56.1 Å². The van der Waals surface area contributed by atoms with Crippen LogP contribution in [0.2, 0.25) is 0 Å². The van der Waals surface area contributed by atoms with E-state index in [1.807, 2.05) is 0 Å². The van der Waals surface area contributed by atoms with Crippen molar-refractivity contribution in [2.75, 3.05) is 6.26 Å². The lowest BCUT2D eigenvalue weighted by Crippen LogP contribution is -2.30. The van der Waals surface area contributed by atoms with E-state index in [1.165, 1.54) is 0 Å². The summed E-state index contributed by atoms with van der Waals surface area (Å²) in [4.78, 5) is 0.